The highest BCUT2D eigenvalue weighted by atomic mass is 127. The van der Waals surface area contributed by atoms with Gasteiger partial charge in [-0.1, -0.05) is 147 Å². The zero-order chi connectivity index (χ0) is 25.5. The van der Waals surface area contributed by atoms with E-state index in [1.165, 1.54) is 146 Å². The normalized spacial score (nSPS) is 11.3. The van der Waals surface area contributed by atoms with Gasteiger partial charge in [-0.05, 0) is 61.1 Å². The summed E-state index contributed by atoms with van der Waals surface area (Å²) in [7, 11) is 0. The predicted molar refractivity (Wildman–Crippen MR) is 157 cm³/mol. The van der Waals surface area contributed by atoms with Crippen LogP contribution in [0.15, 0.2) is 48.5 Å². The zero-order valence-electron chi connectivity index (χ0n) is 23.8. The van der Waals surface area contributed by atoms with Crippen LogP contribution in [0.5, 0.6) is 0 Å². The van der Waals surface area contributed by atoms with Gasteiger partial charge in [-0.15, -0.1) is 0 Å². The molecule has 36 heavy (non-hydrogen) atoms. The van der Waals surface area contributed by atoms with Gasteiger partial charge in [0.2, 0.25) is 0 Å². The lowest BCUT2D eigenvalue weighted by atomic mass is 10.0. The molecule has 0 aromatic heterocycles. The number of rotatable bonds is 23. The van der Waals surface area contributed by atoms with Gasteiger partial charge in [0.15, 0.2) is 7.14 Å². The Kier molecular flexibility index (Phi) is 19.3. The topological polar surface area (TPSA) is 0 Å². The van der Waals surface area contributed by atoms with Crippen LogP contribution in [-0.2, 0) is 12.8 Å². The van der Waals surface area contributed by atoms with Crippen LogP contribution in [0, 0.1) is 7.14 Å². The van der Waals surface area contributed by atoms with E-state index in [0.29, 0.717) is 0 Å². The molecule has 0 fully saturated rings. The van der Waals surface area contributed by atoms with Crippen molar-refractivity contribution in [3.8, 4) is 0 Å². The Morgan fingerprint density at radius 3 is 0.944 bits per heavy atom. The molecule has 0 aliphatic carbocycles. The Hall–Kier alpha value is -0.830. The van der Waals surface area contributed by atoms with E-state index in [1.807, 2.05) is 0 Å². The summed E-state index contributed by atoms with van der Waals surface area (Å²) in [4.78, 5) is 0. The van der Waals surface area contributed by atoms with E-state index in [9.17, 15) is 0 Å². The van der Waals surface area contributed by atoms with Crippen molar-refractivity contribution in [3.05, 3.63) is 66.8 Å². The van der Waals surface area contributed by atoms with Crippen molar-refractivity contribution in [2.24, 2.45) is 0 Å². The van der Waals surface area contributed by atoms with E-state index in [-0.39, 0.29) is 21.2 Å². The van der Waals surface area contributed by atoms with Crippen molar-refractivity contribution in [2.75, 3.05) is 0 Å². The van der Waals surface area contributed by atoms with Crippen LogP contribution in [0.3, 0.4) is 0 Å². The van der Waals surface area contributed by atoms with Gasteiger partial charge in [-0.2, -0.15) is 0 Å². The largest absolute Gasteiger partial charge is 0.357 e. The van der Waals surface area contributed by atoms with Crippen LogP contribution in [0.2, 0.25) is 0 Å². The van der Waals surface area contributed by atoms with Gasteiger partial charge in [0.25, 0.3) is 0 Å². The number of hydrogen-bond donors (Lipinski definition) is 0. The molecule has 202 valence electrons. The molecule has 0 saturated carbocycles. The first kappa shape index (κ1) is 31.4. The monoisotopic (exact) mass is 603 g/mol. The molecule has 0 N–H and O–H groups in total. The number of unbranched alkanes of at least 4 members (excludes halogenated alkanes) is 17. The minimum Gasteiger partial charge on any atom is -0.0654 e. The fourth-order valence-corrected chi connectivity index (χ4v) is 7.17. The molecule has 1 heteroatoms. The van der Waals surface area contributed by atoms with Crippen LogP contribution in [0.4, 0.5) is 0 Å². The first-order chi connectivity index (χ1) is 17.8. The van der Waals surface area contributed by atoms with E-state index in [0.717, 1.165) is 0 Å². The maximum absolute atomic E-state index is 2.40. The first-order valence-electron chi connectivity index (χ1n) is 15.6. The van der Waals surface area contributed by atoms with E-state index < -0.39 is 0 Å². The second-order valence-electron chi connectivity index (χ2n) is 10.9. The van der Waals surface area contributed by atoms with Crippen LogP contribution < -0.4 is 21.2 Å². The van der Waals surface area contributed by atoms with E-state index in [1.54, 1.807) is 7.14 Å². The summed E-state index contributed by atoms with van der Waals surface area (Å²) in [5, 5.41) is 0. The number of benzene rings is 2. The quantitative estimate of drug-likeness (QED) is 0.0885. The SMILES string of the molecule is CCCCCCCCCCCCCc1ccc([I+]c2ccc(CCCCCCCCCC)cc2)cc1. The van der Waals surface area contributed by atoms with Crippen molar-refractivity contribution in [2.45, 2.75) is 149 Å². The molecule has 0 atom stereocenters. The Labute approximate surface area is 235 Å². The summed E-state index contributed by atoms with van der Waals surface area (Å²) in [5.74, 6) is 0. The number of halogens is 1. The highest BCUT2D eigenvalue weighted by Gasteiger charge is 2.15. The third kappa shape index (κ3) is 16.1. The first-order valence-corrected chi connectivity index (χ1v) is 17.8. The highest BCUT2D eigenvalue weighted by Crippen LogP contribution is 2.13. The maximum Gasteiger partial charge on any atom is 0.357 e. The molecule has 0 unspecified atom stereocenters. The highest BCUT2D eigenvalue weighted by molar-refractivity contribution is 5.16. The number of hydrogen-bond acceptors (Lipinski definition) is 0. The maximum atomic E-state index is 2.40. The molecular weight excluding hydrogens is 547 g/mol. The van der Waals surface area contributed by atoms with Crippen molar-refractivity contribution in [1.29, 1.82) is 0 Å². The van der Waals surface area contributed by atoms with Crippen LogP contribution in [0.1, 0.15) is 147 Å². The molecule has 2 aromatic rings. The lowest BCUT2D eigenvalue weighted by Gasteiger charge is -2.03. The van der Waals surface area contributed by atoms with Gasteiger partial charge in [-0.25, -0.2) is 0 Å². The third-order valence-electron chi connectivity index (χ3n) is 7.43. The molecule has 0 nitrogen and oxygen atoms in total. The third-order valence-corrected chi connectivity index (χ3v) is 10.1. The minimum absolute atomic E-state index is 0.0558. The molecule has 0 heterocycles. The molecule has 0 aliphatic heterocycles. The summed E-state index contributed by atoms with van der Waals surface area (Å²) in [6, 6.07) is 19.1. The summed E-state index contributed by atoms with van der Waals surface area (Å²) in [5.41, 5.74) is 3.05. The van der Waals surface area contributed by atoms with Gasteiger partial charge in [0.1, 0.15) is 0 Å². The molecule has 0 saturated heterocycles. The fourth-order valence-electron chi connectivity index (χ4n) is 5.01. The summed E-state index contributed by atoms with van der Waals surface area (Å²) >= 11 is -0.0558. The average molecular weight is 604 g/mol. The smallest absolute Gasteiger partial charge is 0.0654 e. The molecule has 2 aromatic carbocycles. The Morgan fingerprint density at radius 1 is 0.361 bits per heavy atom. The van der Waals surface area contributed by atoms with Crippen LogP contribution in [0.25, 0.3) is 0 Å². The Balaban J connectivity index is 1.52. The zero-order valence-corrected chi connectivity index (χ0v) is 26.0. The van der Waals surface area contributed by atoms with Crippen molar-refractivity contribution < 1.29 is 21.2 Å². The number of aryl methyl sites for hydroxylation is 2. The van der Waals surface area contributed by atoms with Gasteiger partial charge in [0, 0.05) is 0 Å². The average Bonchev–Trinajstić information content (AvgIpc) is 2.90. The predicted octanol–water partition coefficient (Wildman–Crippen LogP) is 8.35. The lowest BCUT2D eigenvalue weighted by Crippen LogP contribution is -3.61. The van der Waals surface area contributed by atoms with E-state index in [4.69, 9.17) is 0 Å². The van der Waals surface area contributed by atoms with E-state index >= 15 is 0 Å². The van der Waals surface area contributed by atoms with Gasteiger partial charge >= 0.3 is 21.2 Å². The van der Waals surface area contributed by atoms with Crippen molar-refractivity contribution in [3.63, 3.8) is 0 Å². The fraction of sp³-hybridized carbons (Fsp3) is 0.657. The molecule has 0 amide bonds. The van der Waals surface area contributed by atoms with Crippen molar-refractivity contribution >= 4 is 0 Å². The molecule has 0 radical (unpaired) electrons. The summed E-state index contributed by atoms with van der Waals surface area (Å²) in [6.45, 7) is 4.59. The second-order valence-corrected chi connectivity index (χ2v) is 13.9. The Morgan fingerprint density at radius 2 is 0.639 bits per heavy atom. The standard InChI is InChI=1S/C35H56I/c1-3-5-7-9-11-13-14-15-17-19-21-23-33-26-30-35(31-27-33)36-34-28-24-32(25-29-34)22-20-18-16-12-10-8-6-4-2/h24-31H,3-23H2,1-2H3/q+1. The molecule has 0 spiro atoms. The van der Waals surface area contributed by atoms with Crippen LogP contribution >= 0.6 is 0 Å². The van der Waals surface area contributed by atoms with E-state index in [2.05, 4.69) is 62.4 Å². The molecular formula is C35H56I+. The second kappa shape index (κ2) is 22.2. The lowest BCUT2D eigenvalue weighted by molar-refractivity contribution is -0.597. The summed E-state index contributed by atoms with van der Waals surface area (Å²) < 4.78 is 3.10. The van der Waals surface area contributed by atoms with Gasteiger partial charge < -0.3 is 0 Å². The summed E-state index contributed by atoms with van der Waals surface area (Å²) in [6.07, 6.45) is 29.4. The minimum atomic E-state index is -0.0558. The Bertz CT molecular complexity index is 730. The van der Waals surface area contributed by atoms with Gasteiger partial charge in [-0.3, -0.25) is 0 Å². The molecule has 0 bridgehead atoms. The molecule has 0 aliphatic rings. The van der Waals surface area contributed by atoms with Crippen molar-refractivity contribution in [1.82, 2.24) is 0 Å². The van der Waals surface area contributed by atoms with Crippen LogP contribution in [-0.4, -0.2) is 0 Å². The van der Waals surface area contributed by atoms with Gasteiger partial charge in [0.05, 0.1) is 0 Å². The molecule has 2 rings (SSSR count).